The van der Waals surface area contributed by atoms with Crippen molar-refractivity contribution in [3.8, 4) is 0 Å². The van der Waals surface area contributed by atoms with Gasteiger partial charge in [0.1, 0.15) is 0 Å². The summed E-state index contributed by atoms with van der Waals surface area (Å²) in [5, 5.41) is 3.39. The van der Waals surface area contributed by atoms with E-state index in [1.165, 1.54) is 11.1 Å². The lowest BCUT2D eigenvalue weighted by Gasteiger charge is -2.10. The van der Waals surface area contributed by atoms with Crippen LogP contribution in [0.3, 0.4) is 0 Å². The molecule has 0 saturated heterocycles. The summed E-state index contributed by atoms with van der Waals surface area (Å²) < 4.78 is 0. The molecular weight excluding hydrogens is 194 g/mol. The van der Waals surface area contributed by atoms with Crippen molar-refractivity contribution in [3.05, 3.63) is 66.3 Å². The third kappa shape index (κ3) is 3.77. The van der Waals surface area contributed by atoms with Gasteiger partial charge < -0.3 is 5.32 Å². The molecule has 1 aromatic carbocycles. The van der Waals surface area contributed by atoms with Crippen LogP contribution in [0.15, 0.2) is 66.3 Å². The molecule has 0 aromatic heterocycles. The molecular formula is C15H19N. The van der Waals surface area contributed by atoms with E-state index < -0.39 is 0 Å². The topological polar surface area (TPSA) is 12.0 Å². The number of allylic oxidation sites excluding steroid dienone is 3. The zero-order valence-electron chi connectivity index (χ0n) is 10.0. The second kappa shape index (κ2) is 6.67. The third-order valence-corrected chi connectivity index (χ3v) is 2.52. The zero-order valence-corrected chi connectivity index (χ0v) is 10.0. The third-order valence-electron chi connectivity index (χ3n) is 2.52. The normalized spacial score (nSPS) is 12.4. The molecule has 16 heavy (non-hydrogen) atoms. The van der Waals surface area contributed by atoms with Gasteiger partial charge in [-0.2, -0.15) is 0 Å². The number of rotatable bonds is 5. The molecule has 0 amide bonds. The van der Waals surface area contributed by atoms with E-state index >= 15 is 0 Å². The average Bonchev–Trinajstić information content (AvgIpc) is 2.34. The highest BCUT2D eigenvalue weighted by molar-refractivity contribution is 5.46. The lowest BCUT2D eigenvalue weighted by Crippen LogP contribution is -2.05. The highest BCUT2D eigenvalue weighted by atomic mass is 14.9. The SMILES string of the molecule is C=C/C=C(CNc1ccccc1)\C(C)=C/C. The molecule has 0 radical (unpaired) electrons. The van der Waals surface area contributed by atoms with Gasteiger partial charge in [0.05, 0.1) is 0 Å². The maximum absolute atomic E-state index is 3.74. The van der Waals surface area contributed by atoms with Crippen LogP contribution in [-0.4, -0.2) is 6.54 Å². The summed E-state index contributed by atoms with van der Waals surface area (Å²) in [4.78, 5) is 0. The summed E-state index contributed by atoms with van der Waals surface area (Å²) in [7, 11) is 0. The summed E-state index contributed by atoms with van der Waals surface area (Å²) in [6, 6.07) is 10.2. The summed E-state index contributed by atoms with van der Waals surface area (Å²) in [6.07, 6.45) is 5.99. The Morgan fingerprint density at radius 1 is 1.31 bits per heavy atom. The summed E-state index contributed by atoms with van der Waals surface area (Å²) in [5.74, 6) is 0. The van der Waals surface area contributed by atoms with Gasteiger partial charge in [0.15, 0.2) is 0 Å². The van der Waals surface area contributed by atoms with Crippen LogP contribution >= 0.6 is 0 Å². The van der Waals surface area contributed by atoms with E-state index in [-0.39, 0.29) is 0 Å². The number of benzene rings is 1. The first-order valence-corrected chi connectivity index (χ1v) is 5.51. The number of hydrogen-bond acceptors (Lipinski definition) is 1. The van der Waals surface area contributed by atoms with Gasteiger partial charge in [-0.3, -0.25) is 0 Å². The minimum absolute atomic E-state index is 0.826. The van der Waals surface area contributed by atoms with E-state index in [0.717, 1.165) is 12.2 Å². The lowest BCUT2D eigenvalue weighted by atomic mass is 10.1. The summed E-state index contributed by atoms with van der Waals surface area (Å²) >= 11 is 0. The van der Waals surface area contributed by atoms with Gasteiger partial charge in [-0.1, -0.05) is 48.6 Å². The first-order valence-electron chi connectivity index (χ1n) is 5.51. The molecule has 0 aliphatic heterocycles. The van der Waals surface area contributed by atoms with Gasteiger partial charge in [-0.05, 0) is 31.6 Å². The van der Waals surface area contributed by atoms with Crippen LogP contribution in [0.2, 0.25) is 0 Å². The van der Waals surface area contributed by atoms with E-state index in [1.807, 2.05) is 30.4 Å². The fourth-order valence-electron chi connectivity index (χ4n) is 1.41. The number of para-hydroxylation sites is 1. The zero-order chi connectivity index (χ0) is 11.8. The van der Waals surface area contributed by atoms with Crippen molar-refractivity contribution in [1.82, 2.24) is 0 Å². The minimum atomic E-state index is 0.826. The van der Waals surface area contributed by atoms with E-state index in [0.29, 0.717) is 0 Å². The van der Waals surface area contributed by atoms with Crippen molar-refractivity contribution in [1.29, 1.82) is 0 Å². The van der Waals surface area contributed by atoms with E-state index in [2.05, 4.69) is 44.0 Å². The first-order chi connectivity index (χ1) is 7.77. The molecule has 0 saturated carbocycles. The Morgan fingerprint density at radius 2 is 2.00 bits per heavy atom. The van der Waals surface area contributed by atoms with Crippen LogP contribution in [-0.2, 0) is 0 Å². The molecule has 0 bridgehead atoms. The number of anilines is 1. The van der Waals surface area contributed by atoms with Crippen LogP contribution in [0.5, 0.6) is 0 Å². The van der Waals surface area contributed by atoms with E-state index in [9.17, 15) is 0 Å². The Kier molecular flexibility index (Phi) is 5.13. The van der Waals surface area contributed by atoms with Crippen LogP contribution in [0.4, 0.5) is 5.69 Å². The van der Waals surface area contributed by atoms with Gasteiger partial charge in [0, 0.05) is 12.2 Å². The fourth-order valence-corrected chi connectivity index (χ4v) is 1.41. The minimum Gasteiger partial charge on any atom is -0.381 e. The molecule has 0 spiro atoms. The van der Waals surface area contributed by atoms with Crippen LogP contribution in [0.1, 0.15) is 13.8 Å². The van der Waals surface area contributed by atoms with Crippen molar-refractivity contribution in [3.63, 3.8) is 0 Å². The van der Waals surface area contributed by atoms with Crippen LogP contribution in [0, 0.1) is 0 Å². The van der Waals surface area contributed by atoms with Crippen LogP contribution < -0.4 is 5.32 Å². The van der Waals surface area contributed by atoms with Crippen molar-refractivity contribution in [2.45, 2.75) is 13.8 Å². The predicted molar refractivity (Wildman–Crippen MR) is 72.6 cm³/mol. The van der Waals surface area contributed by atoms with Gasteiger partial charge in [0.2, 0.25) is 0 Å². The maximum Gasteiger partial charge on any atom is 0.0403 e. The van der Waals surface area contributed by atoms with Gasteiger partial charge >= 0.3 is 0 Å². The molecule has 1 heteroatoms. The Hall–Kier alpha value is -1.76. The number of hydrogen-bond donors (Lipinski definition) is 1. The molecule has 0 atom stereocenters. The maximum atomic E-state index is 3.74. The van der Waals surface area contributed by atoms with Crippen LogP contribution in [0.25, 0.3) is 0 Å². The van der Waals surface area contributed by atoms with E-state index in [4.69, 9.17) is 0 Å². The molecule has 1 rings (SSSR count). The van der Waals surface area contributed by atoms with Crippen molar-refractivity contribution in [2.75, 3.05) is 11.9 Å². The highest BCUT2D eigenvalue weighted by Crippen LogP contribution is 2.12. The second-order valence-corrected chi connectivity index (χ2v) is 3.62. The van der Waals surface area contributed by atoms with Crippen molar-refractivity contribution >= 4 is 5.69 Å². The first kappa shape index (κ1) is 12.3. The average molecular weight is 213 g/mol. The Labute approximate surface area is 98.2 Å². The number of nitrogens with one attached hydrogen (secondary N) is 1. The molecule has 0 aliphatic carbocycles. The quantitative estimate of drug-likeness (QED) is 0.724. The highest BCUT2D eigenvalue weighted by Gasteiger charge is 1.98. The summed E-state index contributed by atoms with van der Waals surface area (Å²) in [6.45, 7) is 8.73. The molecule has 1 nitrogen and oxygen atoms in total. The molecule has 1 N–H and O–H groups in total. The standard InChI is InChI=1S/C15H19N/c1-4-9-14(13(3)5-2)12-16-15-10-7-6-8-11-15/h4-11,16H,1,12H2,2-3H3/b13-5-,14-9-. The van der Waals surface area contributed by atoms with Crippen molar-refractivity contribution < 1.29 is 0 Å². The lowest BCUT2D eigenvalue weighted by molar-refractivity contribution is 1.19. The Morgan fingerprint density at radius 3 is 2.56 bits per heavy atom. The van der Waals surface area contributed by atoms with Gasteiger partial charge in [0.25, 0.3) is 0 Å². The van der Waals surface area contributed by atoms with Crippen molar-refractivity contribution in [2.24, 2.45) is 0 Å². The molecule has 0 fully saturated rings. The largest absolute Gasteiger partial charge is 0.381 e. The smallest absolute Gasteiger partial charge is 0.0403 e. The molecule has 84 valence electrons. The predicted octanol–water partition coefficient (Wildman–Crippen LogP) is 4.18. The summed E-state index contributed by atoms with van der Waals surface area (Å²) in [5.41, 5.74) is 3.69. The Bertz CT molecular complexity index is 385. The molecule has 0 aliphatic rings. The fraction of sp³-hybridized carbons (Fsp3) is 0.200. The monoisotopic (exact) mass is 213 g/mol. The second-order valence-electron chi connectivity index (χ2n) is 3.62. The molecule has 1 aromatic rings. The van der Waals surface area contributed by atoms with E-state index in [1.54, 1.807) is 0 Å². The molecule has 0 unspecified atom stereocenters. The van der Waals surface area contributed by atoms with Gasteiger partial charge in [-0.15, -0.1) is 0 Å². The Balaban J connectivity index is 2.65. The molecule has 0 heterocycles. The van der Waals surface area contributed by atoms with Gasteiger partial charge in [-0.25, -0.2) is 0 Å².